The first-order valence-electron chi connectivity index (χ1n) is 0. The molecule has 0 atom stereocenters. The second kappa shape index (κ2) is 17.4. The van der Waals surface area contributed by atoms with Crippen molar-refractivity contribution in [2.75, 3.05) is 0 Å². The minimum atomic E-state index is 0. The molecule has 0 saturated heterocycles. The van der Waals surface area contributed by atoms with Crippen molar-refractivity contribution < 1.29 is 81.7 Å². The molecule has 0 aliphatic rings. The van der Waals surface area contributed by atoms with Gasteiger partial charge in [-0.25, -0.2) is 0 Å². The van der Waals surface area contributed by atoms with Gasteiger partial charge in [0.15, 0.2) is 0 Å². The van der Waals surface area contributed by atoms with E-state index in [-0.39, 0.29) is 81.7 Å². The standard InChI is InChI=1S/Au.Ni.Ti.W. The third-order valence-electron chi connectivity index (χ3n) is 0. The van der Waals surface area contributed by atoms with Gasteiger partial charge in [-0.1, -0.05) is 0 Å². The Morgan fingerprint density at radius 3 is 1.00 bits per heavy atom. The molecule has 4 heteroatoms. The van der Waals surface area contributed by atoms with Crippen LogP contribution in [0.15, 0.2) is 0 Å². The summed E-state index contributed by atoms with van der Waals surface area (Å²) in [5.41, 5.74) is 0. The van der Waals surface area contributed by atoms with Gasteiger partial charge in [-0.05, 0) is 0 Å². The third-order valence-corrected chi connectivity index (χ3v) is 0. The van der Waals surface area contributed by atoms with Crippen molar-refractivity contribution in [2.24, 2.45) is 0 Å². The maximum absolute atomic E-state index is 0. The molecule has 31 valence electrons. The van der Waals surface area contributed by atoms with Crippen LogP contribution >= 0.6 is 0 Å². The van der Waals surface area contributed by atoms with Crippen molar-refractivity contribution in [3.05, 3.63) is 0 Å². The Labute approximate surface area is 80.4 Å². The van der Waals surface area contributed by atoms with E-state index in [1.807, 2.05) is 0 Å². The van der Waals surface area contributed by atoms with E-state index < -0.39 is 0 Å². The fraction of sp³-hybridized carbons (Fsp3) is 0. The van der Waals surface area contributed by atoms with Gasteiger partial charge in [0.1, 0.15) is 0 Å². The van der Waals surface area contributed by atoms with Crippen LogP contribution < -0.4 is 0 Å². The fourth-order valence-electron chi connectivity index (χ4n) is 0. The molecule has 0 saturated carbocycles. The van der Waals surface area contributed by atoms with Gasteiger partial charge in [0.2, 0.25) is 0 Å². The molecule has 0 N–H and O–H groups in total. The van der Waals surface area contributed by atoms with E-state index in [9.17, 15) is 0 Å². The van der Waals surface area contributed by atoms with E-state index in [1.54, 1.807) is 0 Å². The summed E-state index contributed by atoms with van der Waals surface area (Å²) in [6.07, 6.45) is 0. The van der Waals surface area contributed by atoms with Crippen LogP contribution in [0.5, 0.6) is 0 Å². The van der Waals surface area contributed by atoms with Crippen molar-refractivity contribution >= 4 is 0 Å². The number of hydrogen-bond acceptors (Lipinski definition) is 0. The van der Waals surface area contributed by atoms with Crippen molar-refractivity contribution in [1.29, 1.82) is 0 Å². The summed E-state index contributed by atoms with van der Waals surface area (Å²) in [7, 11) is 0. The Kier molecular flexibility index (Phi) is 132. The van der Waals surface area contributed by atoms with E-state index in [2.05, 4.69) is 0 Å². The van der Waals surface area contributed by atoms with Crippen molar-refractivity contribution in [1.82, 2.24) is 0 Å². The minimum Gasteiger partial charge on any atom is 0 e. The minimum absolute atomic E-state index is 0. The molecular formula is AuNiTiW. The topological polar surface area (TPSA) is 0 Å². The molecule has 0 heterocycles. The Hall–Kier alpha value is 2.64. The monoisotopic (exact) mass is 487 g/mol. The first-order valence-corrected chi connectivity index (χ1v) is 0. The number of hydrogen-bond donors (Lipinski definition) is 0. The quantitative estimate of drug-likeness (QED) is 0.422. The predicted octanol–water partition coefficient (Wildman–Crippen LogP) is -0.0100. The molecule has 0 aromatic carbocycles. The fourth-order valence-corrected chi connectivity index (χ4v) is 0. The molecule has 0 aliphatic carbocycles. The first-order chi connectivity index (χ1) is 0. The molecule has 0 rings (SSSR count). The van der Waals surface area contributed by atoms with Gasteiger partial charge in [-0.3, -0.25) is 0 Å². The summed E-state index contributed by atoms with van der Waals surface area (Å²) in [5, 5.41) is 0. The molecule has 4 heavy (non-hydrogen) atoms. The average Bonchev–Trinajstić information content (AvgIpc) is 0. The largest absolute Gasteiger partial charge is 0 e. The van der Waals surface area contributed by atoms with Gasteiger partial charge in [0.05, 0.1) is 0 Å². The summed E-state index contributed by atoms with van der Waals surface area (Å²) in [6.45, 7) is 0. The van der Waals surface area contributed by atoms with Crippen LogP contribution in [-0.4, -0.2) is 0 Å². The van der Waals surface area contributed by atoms with Crippen molar-refractivity contribution in [3.8, 4) is 0 Å². The second-order valence-electron chi connectivity index (χ2n) is 0. The Balaban J connectivity index is 0. The van der Waals surface area contributed by atoms with Crippen LogP contribution in [-0.2, 0) is 81.7 Å². The van der Waals surface area contributed by atoms with Gasteiger partial charge >= 0.3 is 0 Å². The van der Waals surface area contributed by atoms with Crippen LogP contribution in [0.25, 0.3) is 0 Å². The zero-order valence-electron chi connectivity index (χ0n) is 1.53. The van der Waals surface area contributed by atoms with Gasteiger partial charge in [0.25, 0.3) is 0 Å². The van der Waals surface area contributed by atoms with Gasteiger partial charge in [-0.15, -0.1) is 0 Å². The van der Waals surface area contributed by atoms with Crippen molar-refractivity contribution in [2.45, 2.75) is 0 Å². The zero-order valence-corrected chi connectivity index (χ0v) is 9.18. The molecule has 0 fully saturated rings. The van der Waals surface area contributed by atoms with E-state index in [0.29, 0.717) is 0 Å². The molecule has 1 radical (unpaired) electrons. The van der Waals surface area contributed by atoms with E-state index in [1.165, 1.54) is 0 Å². The van der Waals surface area contributed by atoms with Gasteiger partial charge in [-0.2, -0.15) is 0 Å². The molecule has 0 bridgehead atoms. The normalized spacial score (nSPS) is 0. The summed E-state index contributed by atoms with van der Waals surface area (Å²) in [6, 6.07) is 0. The maximum Gasteiger partial charge on any atom is 0 e. The molecule has 0 aromatic rings. The molecule has 0 aromatic heterocycles. The Morgan fingerprint density at radius 2 is 1.00 bits per heavy atom. The van der Waals surface area contributed by atoms with Crippen LogP contribution in [0.3, 0.4) is 0 Å². The molecule has 0 aliphatic heterocycles. The summed E-state index contributed by atoms with van der Waals surface area (Å²) in [4.78, 5) is 0. The smallest absolute Gasteiger partial charge is 0 e. The van der Waals surface area contributed by atoms with Gasteiger partial charge < -0.3 is 0 Å². The third kappa shape index (κ3) is 8.82. The van der Waals surface area contributed by atoms with E-state index in [0.717, 1.165) is 0 Å². The van der Waals surface area contributed by atoms with Crippen LogP contribution in [0.2, 0.25) is 0 Å². The molecule has 0 spiro atoms. The summed E-state index contributed by atoms with van der Waals surface area (Å²) < 4.78 is 0. The van der Waals surface area contributed by atoms with E-state index in [4.69, 9.17) is 0 Å². The van der Waals surface area contributed by atoms with Crippen molar-refractivity contribution in [3.63, 3.8) is 0 Å². The van der Waals surface area contributed by atoms with Gasteiger partial charge in [0, 0.05) is 81.7 Å². The maximum atomic E-state index is 0. The SMILES string of the molecule is [Au].[Ni].[Ti].[W]. The van der Waals surface area contributed by atoms with Crippen LogP contribution in [0.4, 0.5) is 0 Å². The molecule has 0 nitrogen and oxygen atoms in total. The average molecular weight is 487 g/mol. The predicted molar refractivity (Wildman–Crippen MR) is 0 cm³/mol. The molecule has 0 amide bonds. The number of rotatable bonds is 0. The van der Waals surface area contributed by atoms with Crippen LogP contribution in [0.1, 0.15) is 0 Å². The molecular weight excluding hydrogens is 487 g/mol. The molecule has 0 unspecified atom stereocenters. The Morgan fingerprint density at radius 1 is 1.00 bits per heavy atom. The zero-order chi connectivity index (χ0) is 0. The summed E-state index contributed by atoms with van der Waals surface area (Å²) in [5.74, 6) is 0. The summed E-state index contributed by atoms with van der Waals surface area (Å²) >= 11 is 0. The Bertz CT molecular complexity index is 8.00. The van der Waals surface area contributed by atoms with Crippen LogP contribution in [0, 0.1) is 0 Å². The first kappa shape index (κ1) is 30.3. The second-order valence-corrected chi connectivity index (χ2v) is 0. The van der Waals surface area contributed by atoms with E-state index >= 15 is 0 Å².